The zero-order valence-electron chi connectivity index (χ0n) is 14.2. The van der Waals surface area contributed by atoms with E-state index in [1.54, 1.807) is 19.4 Å². The molecule has 1 fully saturated rings. The van der Waals surface area contributed by atoms with Crippen LogP contribution in [0.4, 0.5) is 5.82 Å². The van der Waals surface area contributed by atoms with Crippen molar-refractivity contribution < 1.29 is 8.42 Å². The summed E-state index contributed by atoms with van der Waals surface area (Å²) < 4.78 is 28.8. The van der Waals surface area contributed by atoms with Gasteiger partial charge >= 0.3 is 0 Å². The van der Waals surface area contributed by atoms with Crippen molar-refractivity contribution >= 4 is 15.8 Å². The highest BCUT2D eigenvalue weighted by molar-refractivity contribution is 7.89. The molecule has 1 aromatic heterocycles. The summed E-state index contributed by atoms with van der Waals surface area (Å²) >= 11 is 0. The number of aromatic nitrogens is 2. The third-order valence-electron chi connectivity index (χ3n) is 3.69. The first-order chi connectivity index (χ1) is 10.6. The highest BCUT2D eigenvalue weighted by Crippen LogP contribution is 2.18. The molecule has 2 rings (SSSR count). The minimum atomic E-state index is -3.34. The molecule has 1 N–H and O–H groups in total. The van der Waals surface area contributed by atoms with Gasteiger partial charge < -0.3 is 9.47 Å². The summed E-state index contributed by atoms with van der Waals surface area (Å²) in [5, 5.41) is 0. The third-order valence-corrected chi connectivity index (χ3v) is 5.63. The van der Waals surface area contributed by atoms with E-state index in [0.717, 1.165) is 12.8 Å². The Labute approximate surface area is 137 Å². The molecule has 0 aliphatic carbocycles. The van der Waals surface area contributed by atoms with E-state index in [1.807, 2.05) is 25.7 Å². The van der Waals surface area contributed by atoms with Crippen LogP contribution in [-0.2, 0) is 17.1 Å². The predicted octanol–water partition coefficient (Wildman–Crippen LogP) is 0.715. The average molecular weight is 342 g/mol. The summed E-state index contributed by atoms with van der Waals surface area (Å²) in [4.78, 5) is 18.2. The zero-order valence-corrected chi connectivity index (χ0v) is 15.1. The first kappa shape index (κ1) is 17.9. The molecule has 0 saturated carbocycles. The first-order valence-electron chi connectivity index (χ1n) is 7.84. The maximum Gasteiger partial charge on any atom is 0.293 e. The summed E-state index contributed by atoms with van der Waals surface area (Å²) in [6.07, 6.45) is 4.79. The Balaban J connectivity index is 2.10. The molecule has 7 nitrogen and oxygen atoms in total. The second-order valence-electron chi connectivity index (χ2n) is 7.39. The van der Waals surface area contributed by atoms with Gasteiger partial charge in [0.25, 0.3) is 5.56 Å². The van der Waals surface area contributed by atoms with Crippen LogP contribution in [0, 0.1) is 5.41 Å². The summed E-state index contributed by atoms with van der Waals surface area (Å²) in [5.41, 5.74) is -0.456. The number of nitrogens with zero attached hydrogens (tertiary/aromatic N) is 3. The number of hydrogen-bond donors (Lipinski definition) is 1. The number of sulfonamides is 1. The number of nitrogens with one attached hydrogen (secondary N) is 1. The van der Waals surface area contributed by atoms with Crippen molar-refractivity contribution in [1.82, 2.24) is 14.3 Å². The lowest BCUT2D eigenvalue weighted by atomic mass is 10.0. The van der Waals surface area contributed by atoms with Gasteiger partial charge in [0.1, 0.15) is 0 Å². The van der Waals surface area contributed by atoms with E-state index in [1.165, 1.54) is 4.57 Å². The maximum atomic E-state index is 12.3. The average Bonchev–Trinajstić information content (AvgIpc) is 2.38. The molecule has 1 saturated heterocycles. The maximum absolute atomic E-state index is 12.3. The molecule has 0 spiro atoms. The molecule has 2 heterocycles. The highest BCUT2D eigenvalue weighted by Gasteiger charge is 2.28. The second-order valence-corrected chi connectivity index (χ2v) is 9.14. The molecule has 0 radical (unpaired) electrons. The largest absolute Gasteiger partial charge is 0.350 e. The van der Waals surface area contributed by atoms with Crippen LogP contribution in [-0.4, -0.2) is 42.9 Å². The lowest BCUT2D eigenvalue weighted by Gasteiger charge is -2.33. The van der Waals surface area contributed by atoms with Crippen LogP contribution in [0.15, 0.2) is 17.2 Å². The van der Waals surface area contributed by atoms with Gasteiger partial charge in [-0.25, -0.2) is 18.1 Å². The minimum absolute atomic E-state index is 0.0852. The summed E-state index contributed by atoms with van der Waals surface area (Å²) in [6.45, 7) is 6.88. The van der Waals surface area contributed by atoms with Crippen molar-refractivity contribution in [1.29, 1.82) is 0 Å². The van der Waals surface area contributed by atoms with Gasteiger partial charge in [-0.1, -0.05) is 20.8 Å². The van der Waals surface area contributed by atoms with Crippen LogP contribution in [0.25, 0.3) is 0 Å². The van der Waals surface area contributed by atoms with Crippen molar-refractivity contribution in [3.8, 4) is 0 Å². The molecule has 1 atom stereocenters. The Kier molecular flexibility index (Phi) is 5.15. The molecule has 1 aliphatic rings. The van der Waals surface area contributed by atoms with Crippen molar-refractivity contribution in [2.24, 2.45) is 12.5 Å². The summed E-state index contributed by atoms with van der Waals surface area (Å²) in [6, 6.07) is -0.192. The van der Waals surface area contributed by atoms with Crippen LogP contribution >= 0.6 is 0 Å². The van der Waals surface area contributed by atoms with Crippen molar-refractivity contribution in [2.45, 2.75) is 39.7 Å². The Morgan fingerprint density at radius 3 is 2.74 bits per heavy atom. The Bertz CT molecular complexity index is 706. The van der Waals surface area contributed by atoms with Gasteiger partial charge in [-0.3, -0.25) is 4.79 Å². The zero-order chi connectivity index (χ0) is 17.3. The number of rotatable bonds is 4. The molecule has 8 heteroatoms. The highest BCUT2D eigenvalue weighted by atomic mass is 32.2. The number of piperidine rings is 1. The number of hydrogen-bond acceptors (Lipinski definition) is 5. The first-order valence-corrected chi connectivity index (χ1v) is 9.49. The van der Waals surface area contributed by atoms with Crippen LogP contribution in [0.3, 0.4) is 0 Å². The third kappa shape index (κ3) is 5.04. The van der Waals surface area contributed by atoms with Crippen molar-refractivity contribution in [3.05, 3.63) is 22.7 Å². The standard InChI is InChI=1S/C15H26N4O3S/c1-15(2,3)11-23(21,22)17-12-6-5-8-19(10-12)13-14(20)18(4)9-7-16-13/h7,9,12,17H,5-6,8,10-11H2,1-4H3/t12-/m1/s1. The van der Waals surface area contributed by atoms with Gasteiger partial charge in [0, 0.05) is 38.6 Å². The molecule has 0 bridgehead atoms. The van der Waals surface area contributed by atoms with Gasteiger partial charge in [0.15, 0.2) is 5.82 Å². The van der Waals surface area contributed by atoms with Crippen molar-refractivity contribution in [2.75, 3.05) is 23.7 Å². The molecule has 23 heavy (non-hydrogen) atoms. The van der Waals surface area contributed by atoms with E-state index in [9.17, 15) is 13.2 Å². The molecule has 1 aromatic rings. The topological polar surface area (TPSA) is 84.3 Å². The van der Waals surface area contributed by atoms with E-state index < -0.39 is 10.0 Å². The molecule has 0 aromatic carbocycles. The van der Waals surface area contributed by atoms with E-state index in [0.29, 0.717) is 18.9 Å². The molecule has 0 amide bonds. The van der Waals surface area contributed by atoms with Gasteiger partial charge in [-0.05, 0) is 18.3 Å². The van der Waals surface area contributed by atoms with E-state index in [-0.39, 0.29) is 22.8 Å². The molecule has 0 unspecified atom stereocenters. The van der Waals surface area contributed by atoms with Crippen LogP contribution in [0.2, 0.25) is 0 Å². The Morgan fingerprint density at radius 2 is 2.09 bits per heavy atom. The summed E-state index contributed by atoms with van der Waals surface area (Å²) in [7, 11) is -1.66. The van der Waals surface area contributed by atoms with Gasteiger partial charge in [0.05, 0.1) is 5.75 Å². The molecule has 130 valence electrons. The monoisotopic (exact) mass is 342 g/mol. The molecular weight excluding hydrogens is 316 g/mol. The quantitative estimate of drug-likeness (QED) is 0.871. The lowest BCUT2D eigenvalue weighted by molar-refractivity contribution is 0.436. The smallest absolute Gasteiger partial charge is 0.293 e. The minimum Gasteiger partial charge on any atom is -0.350 e. The van der Waals surface area contributed by atoms with E-state index in [4.69, 9.17) is 0 Å². The number of anilines is 1. The predicted molar refractivity (Wildman–Crippen MR) is 91.1 cm³/mol. The fourth-order valence-corrected chi connectivity index (χ4v) is 4.76. The van der Waals surface area contributed by atoms with Crippen LogP contribution in [0.5, 0.6) is 0 Å². The van der Waals surface area contributed by atoms with Gasteiger partial charge in [0.2, 0.25) is 10.0 Å². The summed E-state index contributed by atoms with van der Waals surface area (Å²) in [5.74, 6) is 0.469. The van der Waals surface area contributed by atoms with Gasteiger partial charge in [-0.2, -0.15) is 0 Å². The number of aryl methyl sites for hydroxylation is 1. The Hall–Kier alpha value is -1.41. The molecule has 1 aliphatic heterocycles. The van der Waals surface area contributed by atoms with Crippen LogP contribution < -0.4 is 15.2 Å². The Morgan fingerprint density at radius 1 is 1.39 bits per heavy atom. The second kappa shape index (κ2) is 6.60. The lowest BCUT2D eigenvalue weighted by Crippen LogP contribution is -2.50. The normalized spacial score (nSPS) is 19.8. The van der Waals surface area contributed by atoms with Crippen molar-refractivity contribution in [3.63, 3.8) is 0 Å². The van der Waals surface area contributed by atoms with Crippen LogP contribution in [0.1, 0.15) is 33.6 Å². The van der Waals surface area contributed by atoms with Gasteiger partial charge in [-0.15, -0.1) is 0 Å². The SMILES string of the molecule is Cn1ccnc(N2CCC[C@@H](NS(=O)(=O)CC(C)(C)C)C2)c1=O. The molecular formula is C15H26N4O3S. The fourth-order valence-electron chi connectivity index (χ4n) is 2.83. The fraction of sp³-hybridized carbons (Fsp3) is 0.733. The van der Waals surface area contributed by atoms with E-state index >= 15 is 0 Å². The van der Waals surface area contributed by atoms with E-state index in [2.05, 4.69) is 9.71 Å².